The Kier molecular flexibility index (Phi) is 1.86. The molecule has 3 heteroatoms. The van der Waals surface area contributed by atoms with Gasteiger partial charge in [0, 0.05) is 6.54 Å². The van der Waals surface area contributed by atoms with Crippen LogP contribution in [-0.4, -0.2) is 14.8 Å². The molecule has 0 radical (unpaired) electrons. The molecular formula is C9H9N3. The molecule has 3 nitrogen and oxygen atoms in total. The average Bonchev–Trinajstić information content (AvgIpc) is 2.59. The van der Waals surface area contributed by atoms with Gasteiger partial charge in [0.05, 0.1) is 0 Å². The average molecular weight is 159 g/mol. The van der Waals surface area contributed by atoms with Crippen molar-refractivity contribution < 1.29 is 0 Å². The maximum absolute atomic E-state index is 3.73. The number of nitrogens with zero attached hydrogens (tertiary/aromatic N) is 3. The first-order valence-electron chi connectivity index (χ1n) is 3.81. The van der Waals surface area contributed by atoms with Crippen LogP contribution in [0.1, 0.15) is 5.56 Å². The van der Waals surface area contributed by atoms with Gasteiger partial charge in [-0.05, 0) is 5.56 Å². The normalized spacial score (nSPS) is 10.0. The Bertz CT molecular complexity index is 326. The highest BCUT2D eigenvalue weighted by Crippen LogP contribution is 2.00. The van der Waals surface area contributed by atoms with Crippen LogP contribution in [0, 0.1) is 0 Å². The minimum atomic E-state index is 0.841. The third-order valence-corrected chi connectivity index (χ3v) is 1.67. The monoisotopic (exact) mass is 159 g/mol. The quantitative estimate of drug-likeness (QED) is 0.661. The summed E-state index contributed by atoms with van der Waals surface area (Å²) in [6.07, 6.45) is 3.43. The van der Waals surface area contributed by atoms with Crippen molar-refractivity contribution in [3.8, 4) is 0 Å². The third-order valence-electron chi connectivity index (χ3n) is 1.67. The lowest BCUT2D eigenvalue weighted by Crippen LogP contribution is -1.95. The Labute approximate surface area is 70.7 Å². The molecule has 0 saturated heterocycles. The highest BCUT2D eigenvalue weighted by Gasteiger charge is 1.91. The molecule has 60 valence electrons. The Morgan fingerprint density at radius 3 is 2.33 bits per heavy atom. The summed E-state index contributed by atoms with van der Waals surface area (Å²) < 4.78 is 1.94. The maximum atomic E-state index is 3.73. The summed E-state index contributed by atoms with van der Waals surface area (Å²) in [6.45, 7) is 0.841. The van der Waals surface area contributed by atoms with Crippen molar-refractivity contribution >= 4 is 0 Å². The predicted octanol–water partition coefficient (Wildman–Crippen LogP) is 1.33. The van der Waals surface area contributed by atoms with Crippen LogP contribution in [0.15, 0.2) is 43.0 Å². The van der Waals surface area contributed by atoms with Crippen LogP contribution in [0.3, 0.4) is 0 Å². The van der Waals surface area contributed by atoms with Crippen LogP contribution < -0.4 is 0 Å². The molecule has 0 aliphatic rings. The zero-order valence-electron chi connectivity index (χ0n) is 6.59. The van der Waals surface area contributed by atoms with E-state index >= 15 is 0 Å². The highest BCUT2D eigenvalue weighted by molar-refractivity contribution is 5.14. The lowest BCUT2D eigenvalue weighted by Gasteiger charge is -1.99. The molecule has 1 aromatic heterocycles. The van der Waals surface area contributed by atoms with Crippen molar-refractivity contribution in [1.82, 2.24) is 14.8 Å². The fraction of sp³-hybridized carbons (Fsp3) is 0.111. The summed E-state index contributed by atoms with van der Waals surface area (Å²) in [5.41, 5.74) is 1.26. The van der Waals surface area contributed by atoms with Crippen LogP contribution in [0.2, 0.25) is 0 Å². The van der Waals surface area contributed by atoms with Gasteiger partial charge in [-0.15, -0.1) is 10.2 Å². The van der Waals surface area contributed by atoms with E-state index in [-0.39, 0.29) is 0 Å². The van der Waals surface area contributed by atoms with E-state index in [1.807, 2.05) is 22.8 Å². The largest absolute Gasteiger partial charge is 0.316 e. The van der Waals surface area contributed by atoms with Gasteiger partial charge in [-0.1, -0.05) is 30.3 Å². The van der Waals surface area contributed by atoms with Gasteiger partial charge in [0.2, 0.25) is 0 Å². The first-order chi connectivity index (χ1) is 5.95. The van der Waals surface area contributed by atoms with E-state index in [9.17, 15) is 0 Å². The molecule has 2 aromatic rings. The first-order valence-corrected chi connectivity index (χ1v) is 3.81. The summed E-state index contributed by atoms with van der Waals surface area (Å²) in [4.78, 5) is 0. The molecule has 0 spiro atoms. The zero-order chi connectivity index (χ0) is 8.23. The molecule has 2 rings (SSSR count). The van der Waals surface area contributed by atoms with Crippen LogP contribution in [0.25, 0.3) is 0 Å². The fourth-order valence-electron chi connectivity index (χ4n) is 1.10. The van der Waals surface area contributed by atoms with E-state index in [0.29, 0.717) is 0 Å². The van der Waals surface area contributed by atoms with E-state index in [2.05, 4.69) is 22.3 Å². The molecule has 1 aromatic carbocycles. The summed E-state index contributed by atoms with van der Waals surface area (Å²) in [7, 11) is 0. The van der Waals surface area contributed by atoms with Gasteiger partial charge < -0.3 is 4.57 Å². The first kappa shape index (κ1) is 7.03. The van der Waals surface area contributed by atoms with E-state index in [1.165, 1.54) is 5.56 Å². The van der Waals surface area contributed by atoms with Crippen LogP contribution >= 0.6 is 0 Å². The molecule has 0 aliphatic heterocycles. The number of rotatable bonds is 2. The molecular weight excluding hydrogens is 150 g/mol. The molecule has 12 heavy (non-hydrogen) atoms. The van der Waals surface area contributed by atoms with Crippen LogP contribution in [0.4, 0.5) is 0 Å². The van der Waals surface area contributed by atoms with Gasteiger partial charge in [0.25, 0.3) is 0 Å². The number of hydrogen-bond donors (Lipinski definition) is 0. The second-order valence-electron chi connectivity index (χ2n) is 2.62. The van der Waals surface area contributed by atoms with Crippen molar-refractivity contribution in [2.45, 2.75) is 6.54 Å². The molecule has 0 atom stereocenters. The molecule has 0 N–H and O–H groups in total. The Hall–Kier alpha value is -1.64. The standard InChI is InChI=1S/C9H9N3/c1-2-4-9(5-3-1)6-12-7-10-11-8-12/h1-5,7-8H,6H2. The van der Waals surface area contributed by atoms with Crippen molar-refractivity contribution in [2.75, 3.05) is 0 Å². The maximum Gasteiger partial charge on any atom is 0.119 e. The third kappa shape index (κ3) is 1.50. The Morgan fingerprint density at radius 1 is 1.00 bits per heavy atom. The lowest BCUT2D eigenvalue weighted by molar-refractivity contribution is 0.794. The molecule has 0 unspecified atom stereocenters. The lowest BCUT2D eigenvalue weighted by atomic mass is 10.2. The van der Waals surface area contributed by atoms with Crippen molar-refractivity contribution in [1.29, 1.82) is 0 Å². The summed E-state index contributed by atoms with van der Waals surface area (Å²) in [6, 6.07) is 10.2. The van der Waals surface area contributed by atoms with Gasteiger partial charge >= 0.3 is 0 Å². The van der Waals surface area contributed by atoms with Gasteiger partial charge in [-0.2, -0.15) is 0 Å². The van der Waals surface area contributed by atoms with Crippen molar-refractivity contribution in [2.24, 2.45) is 0 Å². The zero-order valence-corrected chi connectivity index (χ0v) is 6.59. The Morgan fingerprint density at radius 2 is 1.67 bits per heavy atom. The van der Waals surface area contributed by atoms with Gasteiger partial charge in [0.1, 0.15) is 12.7 Å². The van der Waals surface area contributed by atoms with E-state index in [0.717, 1.165) is 6.54 Å². The minimum Gasteiger partial charge on any atom is -0.316 e. The van der Waals surface area contributed by atoms with Crippen LogP contribution in [-0.2, 0) is 6.54 Å². The molecule has 0 bridgehead atoms. The smallest absolute Gasteiger partial charge is 0.119 e. The second kappa shape index (κ2) is 3.17. The van der Waals surface area contributed by atoms with Crippen molar-refractivity contribution in [3.05, 3.63) is 48.5 Å². The topological polar surface area (TPSA) is 30.7 Å². The molecule has 0 amide bonds. The predicted molar refractivity (Wildman–Crippen MR) is 45.6 cm³/mol. The van der Waals surface area contributed by atoms with E-state index in [1.54, 1.807) is 12.7 Å². The van der Waals surface area contributed by atoms with Crippen molar-refractivity contribution in [3.63, 3.8) is 0 Å². The van der Waals surface area contributed by atoms with Gasteiger partial charge in [-0.3, -0.25) is 0 Å². The molecule has 0 fully saturated rings. The molecule has 0 aliphatic carbocycles. The minimum absolute atomic E-state index is 0.841. The highest BCUT2D eigenvalue weighted by atomic mass is 15.2. The SMILES string of the molecule is c1ccc(Cn2cnnc2)cc1. The van der Waals surface area contributed by atoms with E-state index < -0.39 is 0 Å². The summed E-state index contributed by atoms with van der Waals surface area (Å²) >= 11 is 0. The number of benzene rings is 1. The summed E-state index contributed by atoms with van der Waals surface area (Å²) in [5.74, 6) is 0. The van der Waals surface area contributed by atoms with Gasteiger partial charge in [0.15, 0.2) is 0 Å². The fourth-order valence-corrected chi connectivity index (χ4v) is 1.10. The Balaban J connectivity index is 2.15. The second-order valence-corrected chi connectivity index (χ2v) is 2.62. The summed E-state index contributed by atoms with van der Waals surface area (Å²) in [5, 5.41) is 7.46. The number of aromatic nitrogens is 3. The molecule has 0 saturated carbocycles. The van der Waals surface area contributed by atoms with Crippen LogP contribution in [0.5, 0.6) is 0 Å². The molecule has 1 heterocycles. The number of hydrogen-bond acceptors (Lipinski definition) is 2. The van der Waals surface area contributed by atoms with Gasteiger partial charge in [-0.25, -0.2) is 0 Å². The van der Waals surface area contributed by atoms with E-state index in [4.69, 9.17) is 0 Å².